The van der Waals surface area contributed by atoms with Crippen molar-refractivity contribution in [2.24, 2.45) is 0 Å². The summed E-state index contributed by atoms with van der Waals surface area (Å²) in [7, 11) is 0. The summed E-state index contributed by atoms with van der Waals surface area (Å²) in [5.74, 6) is 13.6. The average molecular weight is 409 g/mol. The lowest BCUT2D eigenvalue weighted by Gasteiger charge is -2.08. The lowest BCUT2D eigenvalue weighted by molar-refractivity contribution is 1.46. The maximum absolute atomic E-state index is 3.45. The molecule has 0 saturated carbocycles. The molecule has 0 aromatic heterocycles. The highest BCUT2D eigenvalue weighted by Crippen LogP contribution is 2.26. The largest absolute Gasteiger partial charge is 0.0622 e. The zero-order chi connectivity index (χ0) is 22.2. The Kier molecular flexibility index (Phi) is 6.67. The second-order valence-corrected chi connectivity index (χ2v) is 7.71. The second-order valence-electron chi connectivity index (χ2n) is 7.71. The summed E-state index contributed by atoms with van der Waals surface area (Å²) < 4.78 is 0. The molecule has 0 heterocycles. The predicted molar refractivity (Wildman–Crippen MR) is 136 cm³/mol. The van der Waals surface area contributed by atoms with Gasteiger partial charge in [-0.3, -0.25) is 0 Å². The lowest BCUT2D eigenvalue weighted by atomic mass is 9.94. The molecule has 0 amide bonds. The van der Waals surface area contributed by atoms with E-state index in [1.54, 1.807) is 0 Å². The maximum Gasteiger partial charge on any atom is 0.0484 e. The number of aryl methyl sites for hydroxylation is 2. The Morgan fingerprint density at radius 2 is 0.844 bits per heavy atom. The van der Waals surface area contributed by atoms with Crippen molar-refractivity contribution >= 4 is 11.1 Å². The zero-order valence-electron chi connectivity index (χ0n) is 18.4. The summed E-state index contributed by atoms with van der Waals surface area (Å²) in [5, 5.41) is 0. The molecule has 4 aromatic carbocycles. The van der Waals surface area contributed by atoms with E-state index in [0.717, 1.165) is 33.4 Å². The van der Waals surface area contributed by atoms with E-state index < -0.39 is 0 Å². The fourth-order valence-electron chi connectivity index (χ4n) is 3.31. The third-order valence-corrected chi connectivity index (χ3v) is 5.14. The first-order valence-corrected chi connectivity index (χ1v) is 10.7. The molecule has 0 bridgehead atoms. The zero-order valence-corrected chi connectivity index (χ0v) is 18.4. The van der Waals surface area contributed by atoms with E-state index in [4.69, 9.17) is 0 Å². The number of hydrogen-bond donors (Lipinski definition) is 0. The highest BCUT2D eigenvalue weighted by molar-refractivity contribution is 6.04. The summed E-state index contributed by atoms with van der Waals surface area (Å²) in [6, 6.07) is 37.2. The second kappa shape index (κ2) is 10.2. The van der Waals surface area contributed by atoms with Crippen molar-refractivity contribution in [3.05, 3.63) is 143 Å². The minimum absolute atomic E-state index is 0.929. The van der Waals surface area contributed by atoms with Gasteiger partial charge in [0.15, 0.2) is 0 Å². The molecule has 0 atom stereocenters. The van der Waals surface area contributed by atoms with Crippen LogP contribution in [0.2, 0.25) is 0 Å². The maximum atomic E-state index is 3.45. The number of benzene rings is 4. The summed E-state index contributed by atoms with van der Waals surface area (Å²) in [6.45, 7) is 4.18. The number of allylic oxidation sites excluding steroid dienone is 2. The Balaban J connectivity index is 1.93. The van der Waals surface area contributed by atoms with E-state index in [9.17, 15) is 0 Å². The third kappa shape index (κ3) is 5.46. The van der Waals surface area contributed by atoms with Crippen molar-refractivity contribution in [2.45, 2.75) is 13.8 Å². The van der Waals surface area contributed by atoms with E-state index >= 15 is 0 Å². The first-order chi connectivity index (χ1) is 15.7. The molecule has 0 aliphatic rings. The van der Waals surface area contributed by atoms with Crippen LogP contribution in [0, 0.1) is 37.5 Å². The van der Waals surface area contributed by atoms with Gasteiger partial charge in [-0.15, -0.1) is 0 Å². The molecule has 4 rings (SSSR count). The molecule has 0 unspecified atom stereocenters. The van der Waals surface area contributed by atoms with Crippen LogP contribution in [-0.2, 0) is 0 Å². The van der Waals surface area contributed by atoms with Gasteiger partial charge in [-0.05, 0) is 49.2 Å². The minimum atomic E-state index is 0.929. The van der Waals surface area contributed by atoms with Crippen LogP contribution < -0.4 is 0 Å². The van der Waals surface area contributed by atoms with Crippen molar-refractivity contribution in [3.63, 3.8) is 0 Å². The van der Waals surface area contributed by atoms with Gasteiger partial charge in [-0.2, -0.15) is 0 Å². The summed E-state index contributed by atoms with van der Waals surface area (Å²) in [6.07, 6.45) is 0. The molecule has 0 nitrogen and oxygen atoms in total. The molecule has 0 aliphatic heterocycles. The molecule has 32 heavy (non-hydrogen) atoms. The molecular formula is C32H24. The molecule has 0 spiro atoms. The van der Waals surface area contributed by atoms with Gasteiger partial charge >= 0.3 is 0 Å². The summed E-state index contributed by atoms with van der Waals surface area (Å²) in [4.78, 5) is 0. The summed E-state index contributed by atoms with van der Waals surface area (Å²) >= 11 is 0. The average Bonchev–Trinajstić information content (AvgIpc) is 2.84. The van der Waals surface area contributed by atoms with Crippen molar-refractivity contribution in [2.75, 3.05) is 0 Å². The lowest BCUT2D eigenvalue weighted by Crippen LogP contribution is -1.91. The predicted octanol–water partition coefficient (Wildman–Crippen LogP) is 7.32. The van der Waals surface area contributed by atoms with Crippen molar-refractivity contribution in [1.82, 2.24) is 0 Å². The van der Waals surface area contributed by atoms with E-state index in [1.807, 2.05) is 48.5 Å². The highest BCUT2D eigenvalue weighted by Gasteiger charge is 2.09. The van der Waals surface area contributed by atoms with E-state index in [0.29, 0.717) is 0 Å². The van der Waals surface area contributed by atoms with Gasteiger partial charge < -0.3 is 0 Å². The molecule has 0 N–H and O–H groups in total. The van der Waals surface area contributed by atoms with Gasteiger partial charge in [-0.1, -0.05) is 120 Å². The fourth-order valence-corrected chi connectivity index (χ4v) is 3.31. The Morgan fingerprint density at radius 3 is 1.38 bits per heavy atom. The standard InChI is InChI=1S/C32H24/c1-25-13-17-28(18-14-25)20-24-31(29-11-7-4-8-12-29)32(30-21-15-26(2)16-22-30)23-19-27-9-5-3-6-10-27/h3-18,21-22H,1-2H3/b32-31+. The Hall–Kier alpha value is -4.26. The Labute approximate surface area is 191 Å². The van der Waals surface area contributed by atoms with Gasteiger partial charge in [0, 0.05) is 22.3 Å². The SMILES string of the molecule is Cc1ccc(C#C/C(=C(/C#Cc2ccccc2)c2ccc(C)cc2)c2ccccc2)cc1. The molecule has 0 aliphatic carbocycles. The van der Waals surface area contributed by atoms with Gasteiger partial charge in [0.2, 0.25) is 0 Å². The van der Waals surface area contributed by atoms with Crippen LogP contribution in [0.25, 0.3) is 11.1 Å². The van der Waals surface area contributed by atoms with Crippen LogP contribution in [0.1, 0.15) is 33.4 Å². The molecule has 152 valence electrons. The number of hydrogen-bond acceptors (Lipinski definition) is 0. The fraction of sp³-hybridized carbons (Fsp3) is 0.0625. The van der Waals surface area contributed by atoms with E-state index in [1.165, 1.54) is 11.1 Å². The molecule has 0 heteroatoms. The third-order valence-electron chi connectivity index (χ3n) is 5.14. The van der Waals surface area contributed by atoms with Crippen molar-refractivity contribution in [3.8, 4) is 23.7 Å². The quantitative estimate of drug-likeness (QED) is 0.241. The molecule has 4 aromatic rings. The van der Waals surface area contributed by atoms with Gasteiger partial charge in [0.1, 0.15) is 0 Å². The number of rotatable bonds is 2. The first kappa shape index (κ1) is 21.0. The normalized spacial score (nSPS) is 10.8. The van der Waals surface area contributed by atoms with Crippen LogP contribution in [0.3, 0.4) is 0 Å². The van der Waals surface area contributed by atoms with E-state index in [-0.39, 0.29) is 0 Å². The van der Waals surface area contributed by atoms with Crippen LogP contribution in [0.5, 0.6) is 0 Å². The molecule has 0 fully saturated rings. The molecule has 0 saturated heterocycles. The monoisotopic (exact) mass is 408 g/mol. The topological polar surface area (TPSA) is 0 Å². The van der Waals surface area contributed by atoms with Crippen LogP contribution in [-0.4, -0.2) is 0 Å². The Morgan fingerprint density at radius 1 is 0.438 bits per heavy atom. The van der Waals surface area contributed by atoms with Gasteiger partial charge in [-0.25, -0.2) is 0 Å². The van der Waals surface area contributed by atoms with Crippen molar-refractivity contribution < 1.29 is 0 Å². The van der Waals surface area contributed by atoms with Crippen LogP contribution in [0.4, 0.5) is 0 Å². The Bertz CT molecular complexity index is 1330. The first-order valence-electron chi connectivity index (χ1n) is 10.7. The molecular weight excluding hydrogens is 384 g/mol. The minimum Gasteiger partial charge on any atom is -0.0622 e. The van der Waals surface area contributed by atoms with Crippen LogP contribution in [0.15, 0.2) is 109 Å². The summed E-state index contributed by atoms with van der Waals surface area (Å²) in [5.41, 5.74) is 8.40. The van der Waals surface area contributed by atoms with Crippen LogP contribution >= 0.6 is 0 Å². The highest BCUT2D eigenvalue weighted by atomic mass is 14.1. The van der Waals surface area contributed by atoms with Gasteiger partial charge in [0.05, 0.1) is 0 Å². The van der Waals surface area contributed by atoms with E-state index in [2.05, 4.69) is 98.2 Å². The molecule has 0 radical (unpaired) electrons. The smallest absolute Gasteiger partial charge is 0.0484 e. The van der Waals surface area contributed by atoms with Crippen molar-refractivity contribution in [1.29, 1.82) is 0 Å². The van der Waals surface area contributed by atoms with Gasteiger partial charge in [0.25, 0.3) is 0 Å².